The number of hydrogen-bond acceptors (Lipinski definition) is 4. The Morgan fingerprint density at radius 2 is 1.93 bits per heavy atom. The van der Waals surface area contributed by atoms with Crippen molar-refractivity contribution in [2.45, 2.75) is 27.2 Å². The number of ether oxygens (including phenoxy) is 1. The van der Waals surface area contributed by atoms with E-state index < -0.39 is 0 Å². The Balaban J connectivity index is 1.85. The van der Waals surface area contributed by atoms with Crippen molar-refractivity contribution < 1.29 is 9.53 Å². The number of thiophene rings is 1. The van der Waals surface area contributed by atoms with Gasteiger partial charge in [-0.1, -0.05) is 44.2 Å². The van der Waals surface area contributed by atoms with Gasteiger partial charge in [-0.2, -0.15) is 0 Å². The first-order chi connectivity index (χ1) is 13.0. The average molecular weight is 403 g/mol. The van der Waals surface area contributed by atoms with E-state index in [2.05, 4.69) is 24.1 Å². The maximum absolute atomic E-state index is 12.5. The van der Waals surface area contributed by atoms with Crippen molar-refractivity contribution in [3.05, 3.63) is 42.0 Å². The SMILES string of the molecule is CCOC(=O)c1cc(-c2ccccc2)sc1NC(=S)N1C[C@H](C)C[C@H](C)C1. The third-order valence-corrected chi connectivity index (χ3v) is 6.12. The lowest BCUT2D eigenvalue weighted by Gasteiger charge is -2.36. The molecule has 27 heavy (non-hydrogen) atoms. The minimum atomic E-state index is -0.318. The Hall–Kier alpha value is -1.92. The molecule has 144 valence electrons. The van der Waals surface area contributed by atoms with Gasteiger partial charge in [-0.25, -0.2) is 4.79 Å². The summed E-state index contributed by atoms with van der Waals surface area (Å²) < 4.78 is 5.25. The monoisotopic (exact) mass is 402 g/mol. The zero-order chi connectivity index (χ0) is 19.4. The first kappa shape index (κ1) is 19.8. The number of benzene rings is 1. The summed E-state index contributed by atoms with van der Waals surface area (Å²) in [4.78, 5) is 15.7. The number of esters is 1. The van der Waals surface area contributed by atoms with E-state index >= 15 is 0 Å². The second kappa shape index (κ2) is 8.85. The molecule has 0 saturated carbocycles. The van der Waals surface area contributed by atoms with E-state index in [-0.39, 0.29) is 5.97 Å². The lowest BCUT2D eigenvalue weighted by Crippen LogP contribution is -2.44. The molecule has 0 radical (unpaired) electrons. The van der Waals surface area contributed by atoms with Crippen molar-refractivity contribution in [3.8, 4) is 10.4 Å². The summed E-state index contributed by atoms with van der Waals surface area (Å²) in [6.45, 7) is 8.57. The van der Waals surface area contributed by atoms with Gasteiger partial charge in [-0.15, -0.1) is 11.3 Å². The van der Waals surface area contributed by atoms with E-state index in [0.29, 0.717) is 29.1 Å². The highest BCUT2D eigenvalue weighted by atomic mass is 32.1. The van der Waals surface area contributed by atoms with Gasteiger partial charge in [0.25, 0.3) is 0 Å². The molecule has 2 aromatic rings. The van der Waals surface area contributed by atoms with Gasteiger partial charge >= 0.3 is 5.97 Å². The molecule has 0 bridgehead atoms. The molecule has 0 aliphatic carbocycles. The quantitative estimate of drug-likeness (QED) is 0.558. The summed E-state index contributed by atoms with van der Waals surface area (Å²) in [7, 11) is 0. The second-order valence-electron chi connectivity index (χ2n) is 7.22. The lowest BCUT2D eigenvalue weighted by molar-refractivity contribution is 0.0528. The van der Waals surface area contributed by atoms with Gasteiger partial charge in [0.15, 0.2) is 5.11 Å². The maximum Gasteiger partial charge on any atom is 0.341 e. The molecule has 1 aromatic heterocycles. The Bertz CT molecular complexity index is 794. The lowest BCUT2D eigenvalue weighted by atomic mass is 9.92. The number of rotatable bonds is 4. The van der Waals surface area contributed by atoms with Crippen LogP contribution >= 0.6 is 23.6 Å². The van der Waals surface area contributed by atoms with Gasteiger partial charge in [-0.3, -0.25) is 0 Å². The zero-order valence-corrected chi connectivity index (χ0v) is 17.7. The molecule has 1 aliphatic rings. The maximum atomic E-state index is 12.5. The fraction of sp³-hybridized carbons (Fsp3) is 0.429. The average Bonchev–Trinajstić information content (AvgIpc) is 3.06. The molecule has 1 aliphatic heterocycles. The van der Waals surface area contributed by atoms with Gasteiger partial charge in [0.05, 0.1) is 12.2 Å². The smallest absolute Gasteiger partial charge is 0.341 e. The van der Waals surface area contributed by atoms with Crippen molar-refractivity contribution in [1.82, 2.24) is 4.90 Å². The van der Waals surface area contributed by atoms with Gasteiger partial charge in [0.1, 0.15) is 5.00 Å². The molecule has 1 aromatic carbocycles. The largest absolute Gasteiger partial charge is 0.462 e. The highest BCUT2D eigenvalue weighted by molar-refractivity contribution is 7.80. The van der Waals surface area contributed by atoms with Crippen LogP contribution in [-0.2, 0) is 4.74 Å². The van der Waals surface area contributed by atoms with E-state index in [4.69, 9.17) is 17.0 Å². The minimum Gasteiger partial charge on any atom is -0.462 e. The molecule has 1 saturated heterocycles. The van der Waals surface area contributed by atoms with E-state index in [1.54, 1.807) is 0 Å². The number of nitrogens with one attached hydrogen (secondary N) is 1. The molecule has 2 heterocycles. The third-order valence-electron chi connectivity index (χ3n) is 4.66. The highest BCUT2D eigenvalue weighted by Gasteiger charge is 2.25. The standard InChI is InChI=1S/C21H26N2O2S2/c1-4-25-20(24)17-11-18(16-8-6-5-7-9-16)27-19(17)22-21(26)23-12-14(2)10-15(3)13-23/h5-9,11,14-15H,4,10,12-13H2,1-3H3,(H,22,26)/t14-,15+. The second-order valence-corrected chi connectivity index (χ2v) is 8.66. The fourth-order valence-electron chi connectivity index (χ4n) is 3.59. The van der Waals surface area contributed by atoms with Crippen molar-refractivity contribution >= 4 is 39.6 Å². The summed E-state index contributed by atoms with van der Waals surface area (Å²) in [6.07, 6.45) is 1.23. The van der Waals surface area contributed by atoms with Crippen LogP contribution in [-0.4, -0.2) is 35.7 Å². The Labute approximate surface area is 170 Å². The molecule has 0 amide bonds. The zero-order valence-electron chi connectivity index (χ0n) is 16.0. The van der Waals surface area contributed by atoms with Crippen LogP contribution in [0.1, 0.15) is 37.6 Å². The number of piperidine rings is 1. The molecule has 1 fully saturated rings. The van der Waals surface area contributed by atoms with E-state index in [1.807, 2.05) is 43.3 Å². The van der Waals surface area contributed by atoms with Crippen LogP contribution in [0.25, 0.3) is 10.4 Å². The molecule has 6 heteroatoms. The molecule has 2 atom stereocenters. The molecule has 4 nitrogen and oxygen atoms in total. The first-order valence-electron chi connectivity index (χ1n) is 9.40. The number of carbonyl (C=O) groups excluding carboxylic acids is 1. The van der Waals surface area contributed by atoms with Crippen molar-refractivity contribution in [1.29, 1.82) is 0 Å². The summed E-state index contributed by atoms with van der Waals surface area (Å²) >= 11 is 7.20. The molecule has 0 unspecified atom stereocenters. The van der Waals surface area contributed by atoms with Crippen LogP contribution in [0.5, 0.6) is 0 Å². The topological polar surface area (TPSA) is 41.6 Å². The summed E-state index contributed by atoms with van der Waals surface area (Å²) in [6, 6.07) is 11.9. The molecular formula is C21H26N2O2S2. The Morgan fingerprint density at radius 3 is 2.56 bits per heavy atom. The van der Waals surface area contributed by atoms with Crippen LogP contribution in [0.4, 0.5) is 5.00 Å². The number of nitrogens with zero attached hydrogens (tertiary/aromatic N) is 1. The molecule has 1 N–H and O–H groups in total. The Kier molecular flexibility index (Phi) is 6.50. The highest BCUT2D eigenvalue weighted by Crippen LogP contribution is 2.36. The minimum absolute atomic E-state index is 0.318. The van der Waals surface area contributed by atoms with Gasteiger partial charge in [0, 0.05) is 18.0 Å². The molecule has 3 rings (SSSR count). The van der Waals surface area contributed by atoms with Crippen LogP contribution in [0.15, 0.2) is 36.4 Å². The summed E-state index contributed by atoms with van der Waals surface area (Å²) in [5.74, 6) is 0.907. The van der Waals surface area contributed by atoms with Crippen LogP contribution in [0.3, 0.4) is 0 Å². The normalized spacial score (nSPS) is 19.6. The van der Waals surface area contributed by atoms with Crippen LogP contribution in [0.2, 0.25) is 0 Å². The first-order valence-corrected chi connectivity index (χ1v) is 10.6. The number of likely N-dealkylation sites (tertiary alicyclic amines) is 1. The summed E-state index contributed by atoms with van der Waals surface area (Å²) in [5, 5.41) is 4.76. The number of anilines is 1. The van der Waals surface area contributed by atoms with Crippen LogP contribution < -0.4 is 5.32 Å². The Morgan fingerprint density at radius 1 is 1.26 bits per heavy atom. The van der Waals surface area contributed by atoms with E-state index in [9.17, 15) is 4.79 Å². The van der Waals surface area contributed by atoms with Gasteiger partial charge in [0.2, 0.25) is 0 Å². The van der Waals surface area contributed by atoms with Crippen LogP contribution in [0, 0.1) is 11.8 Å². The van der Waals surface area contributed by atoms with Crippen molar-refractivity contribution in [3.63, 3.8) is 0 Å². The molecule has 0 spiro atoms. The summed E-state index contributed by atoms with van der Waals surface area (Å²) in [5.41, 5.74) is 1.62. The van der Waals surface area contributed by atoms with Gasteiger partial charge in [-0.05, 0) is 49.0 Å². The van der Waals surface area contributed by atoms with E-state index in [1.165, 1.54) is 17.8 Å². The van der Waals surface area contributed by atoms with Crippen molar-refractivity contribution in [2.24, 2.45) is 11.8 Å². The molecular weight excluding hydrogens is 376 g/mol. The number of thiocarbonyl (C=S) groups is 1. The number of hydrogen-bond donors (Lipinski definition) is 1. The predicted octanol–water partition coefficient (Wildman–Crippen LogP) is 5.27. The van der Waals surface area contributed by atoms with Gasteiger partial charge < -0.3 is 15.0 Å². The predicted molar refractivity (Wildman–Crippen MR) is 116 cm³/mol. The van der Waals surface area contributed by atoms with Crippen molar-refractivity contribution in [2.75, 3.05) is 25.0 Å². The third kappa shape index (κ3) is 4.87. The number of carbonyl (C=O) groups is 1. The van der Waals surface area contributed by atoms with E-state index in [0.717, 1.165) is 28.5 Å². The fourth-order valence-corrected chi connectivity index (χ4v) is 4.96.